The first-order valence-corrected chi connectivity index (χ1v) is 27.7. The third-order valence-corrected chi connectivity index (χ3v) is 14.1. The number of pyridine rings is 1. The first kappa shape index (κ1) is 78.1. The number of aryl methyl sites for hydroxylation is 4. The maximum absolute atomic E-state index is 13.9. The van der Waals surface area contributed by atoms with Crippen molar-refractivity contribution in [3.05, 3.63) is 87.0 Å². The Morgan fingerprint density at radius 3 is 1.45 bits per heavy atom. The van der Waals surface area contributed by atoms with Crippen LogP contribution in [0.2, 0.25) is 0 Å². The summed E-state index contributed by atoms with van der Waals surface area (Å²) in [6, 6.07) is 6.53. The Morgan fingerprint density at radius 1 is 0.637 bits per heavy atom. The Labute approximate surface area is 509 Å². The molecule has 4 aromatic rings. The van der Waals surface area contributed by atoms with Crippen molar-refractivity contribution >= 4 is 80.5 Å². The van der Waals surface area contributed by atoms with Crippen LogP contribution in [0, 0.1) is 20.8 Å². The largest absolute Gasteiger partial charge is 0.490 e. The molecule has 1 aliphatic heterocycles. The summed E-state index contributed by atoms with van der Waals surface area (Å²) in [4.78, 5) is 129. The van der Waals surface area contributed by atoms with Gasteiger partial charge in [0.2, 0.25) is 21.4 Å². The van der Waals surface area contributed by atoms with Gasteiger partial charge in [0, 0.05) is 103 Å². The van der Waals surface area contributed by atoms with Gasteiger partial charge in [-0.3, -0.25) is 53.2 Å². The number of carboxylic acid groups (broad SMARTS) is 7. The molecule has 0 spiro atoms. The van der Waals surface area contributed by atoms with Gasteiger partial charge in [0.1, 0.15) is 11.6 Å². The minimum absolute atomic E-state index is 0.0839. The van der Waals surface area contributed by atoms with E-state index in [4.69, 9.17) is 29.7 Å². The Morgan fingerprint density at radius 2 is 1.07 bits per heavy atom. The number of sulfonamides is 1. The first-order valence-electron chi connectivity index (χ1n) is 26.2. The van der Waals surface area contributed by atoms with Crippen molar-refractivity contribution in [2.24, 2.45) is 0 Å². The number of anilines is 1. The van der Waals surface area contributed by atoms with E-state index in [1.54, 1.807) is 87.7 Å². The van der Waals surface area contributed by atoms with Gasteiger partial charge in [0.25, 0.3) is 5.91 Å². The van der Waals surface area contributed by atoms with Gasteiger partial charge in [-0.1, -0.05) is 23.8 Å². The molecule has 2 aromatic heterocycles. The number of aromatic nitrogens is 3. The lowest BCUT2D eigenvalue weighted by Gasteiger charge is -2.32. The number of amides is 2. The SMILES string of the molecule is Cc1cc(C)c(S(=O)(=O)N[C@@H](CNC(=O)c2cn(CCCNC(=O)CN3CCN(CC(=O)O)CCN(CC(=O)O)CCN(CC(=O)O)CC3)c3cc(CNc4ncc[nH]4)ccc3c2=O)C(=O)O)c(C)c1.O=C(O)C(F)(F)F.O=C(O)C(F)(F)F.O=C(O)C(F)(F)F. The average Bonchev–Trinajstić information content (AvgIpc) is 0.930. The van der Waals surface area contributed by atoms with Crippen molar-refractivity contribution in [1.29, 1.82) is 0 Å². The van der Waals surface area contributed by atoms with Crippen molar-refractivity contribution in [2.45, 2.75) is 69.7 Å². The van der Waals surface area contributed by atoms with E-state index < -0.39 is 94.3 Å². The summed E-state index contributed by atoms with van der Waals surface area (Å²) >= 11 is 0. The van der Waals surface area contributed by atoms with Gasteiger partial charge in [-0.25, -0.2) is 27.8 Å². The van der Waals surface area contributed by atoms with Crippen LogP contribution >= 0.6 is 0 Å². The van der Waals surface area contributed by atoms with Crippen molar-refractivity contribution in [2.75, 3.05) is 96.9 Å². The summed E-state index contributed by atoms with van der Waals surface area (Å²) in [5.74, 6) is -13.9. The zero-order chi connectivity index (χ0) is 69.4. The summed E-state index contributed by atoms with van der Waals surface area (Å²) < 4.78 is 126. The molecule has 0 radical (unpaired) electrons. The molecule has 2 aromatic carbocycles. The standard InChI is InChI=1S/C45H61N11O13S.3C2HF3O2/c1-29-19-30(2)42(31(3)20-29)70(68,69)51-35(44(66)67)23-49-43(65)34-24-56(36-21-32(5-6-33(36)41(34)64)22-50-45-47-8-9-48-45)10-4-7-46-37(57)25-52-11-13-53(26-38(58)59)15-17-55(28-40(62)63)18-16-54(14-12-52)27-39(60)61;3*3-2(4,5)1(6)7/h5-6,8-9,19-21,24,35,51H,4,7,10-18,22-23,25-28H2,1-3H3,(H,46,57)(H,49,65)(H,58,59)(H,60,61)(H,62,63)(H,66,67)(H2,47,48,50);3*(H,6,7)/t35-;;;/m0.../s1. The van der Waals surface area contributed by atoms with Gasteiger partial charge in [0.15, 0.2) is 5.95 Å². The summed E-state index contributed by atoms with van der Waals surface area (Å²) in [6.07, 6.45) is -10.4. The number of carbonyl (C=O) groups is 9. The zero-order valence-corrected chi connectivity index (χ0v) is 49.1. The molecule has 0 unspecified atom stereocenters. The van der Waals surface area contributed by atoms with E-state index in [0.717, 1.165) is 11.1 Å². The lowest BCUT2D eigenvalue weighted by Crippen LogP contribution is -2.49. The topological polar surface area (TPSA) is 441 Å². The van der Waals surface area contributed by atoms with Gasteiger partial charge < -0.3 is 61.2 Å². The molecule has 91 heavy (non-hydrogen) atoms. The van der Waals surface area contributed by atoms with Crippen LogP contribution in [0.3, 0.4) is 0 Å². The maximum atomic E-state index is 13.9. The Hall–Kier alpha value is -8.99. The fraction of sp³-hybridized carbons (Fsp3) is 0.471. The number of nitrogens with one attached hydrogen (secondary N) is 5. The van der Waals surface area contributed by atoms with Gasteiger partial charge in [0.05, 0.1) is 36.6 Å². The van der Waals surface area contributed by atoms with E-state index in [1.807, 2.05) is 0 Å². The fourth-order valence-corrected chi connectivity index (χ4v) is 9.91. The van der Waals surface area contributed by atoms with Gasteiger partial charge in [-0.2, -0.15) is 44.2 Å². The molecular formula is C51H64F9N11O19S. The predicted octanol–water partition coefficient (Wildman–Crippen LogP) is 1.31. The average molecular weight is 1340 g/mol. The molecule has 1 aliphatic rings. The van der Waals surface area contributed by atoms with Crippen LogP contribution in [-0.4, -0.2) is 248 Å². The molecule has 1 saturated heterocycles. The molecule has 1 atom stereocenters. The molecule has 0 bridgehead atoms. The highest BCUT2D eigenvalue weighted by Crippen LogP contribution is 2.23. The van der Waals surface area contributed by atoms with Crippen LogP contribution in [0.1, 0.15) is 39.0 Å². The Bertz CT molecular complexity index is 3260. The summed E-state index contributed by atoms with van der Waals surface area (Å²) in [5.41, 5.74) is 1.84. The number of halogens is 9. The lowest BCUT2D eigenvalue weighted by atomic mass is 10.1. The molecule has 12 N–H and O–H groups in total. The number of imidazole rings is 1. The monoisotopic (exact) mass is 1340 g/mol. The molecule has 30 nitrogen and oxygen atoms in total. The van der Waals surface area contributed by atoms with Crippen LogP contribution in [0.15, 0.2) is 58.6 Å². The van der Waals surface area contributed by atoms with Crippen molar-refractivity contribution in [3.8, 4) is 0 Å². The number of nitrogens with zero attached hydrogens (tertiary/aromatic N) is 6. The molecular weight excluding hydrogens is 1270 g/mol. The van der Waals surface area contributed by atoms with Crippen molar-refractivity contribution < 1.29 is 127 Å². The van der Waals surface area contributed by atoms with Crippen LogP contribution in [0.25, 0.3) is 10.9 Å². The highest BCUT2D eigenvalue weighted by molar-refractivity contribution is 7.89. The minimum atomic E-state index is -5.08. The highest BCUT2D eigenvalue weighted by atomic mass is 32.2. The number of carbonyl (C=O) groups excluding carboxylic acids is 2. The predicted molar refractivity (Wildman–Crippen MR) is 296 cm³/mol. The van der Waals surface area contributed by atoms with Crippen LogP contribution < -0.4 is 26.1 Å². The van der Waals surface area contributed by atoms with E-state index in [-0.39, 0.29) is 113 Å². The van der Waals surface area contributed by atoms with E-state index in [1.165, 1.54) is 6.20 Å². The highest BCUT2D eigenvalue weighted by Gasteiger charge is 2.40. The van der Waals surface area contributed by atoms with Gasteiger partial charge in [-0.05, 0) is 56.0 Å². The normalized spacial score (nSPS) is 14.4. The summed E-state index contributed by atoms with van der Waals surface area (Å²) in [6.45, 7) is 5.73. The molecule has 3 heterocycles. The summed E-state index contributed by atoms with van der Waals surface area (Å²) in [7, 11) is -4.37. The number of H-pyrrole nitrogens is 1. The number of rotatable bonds is 22. The van der Waals surface area contributed by atoms with E-state index in [0.29, 0.717) is 35.6 Å². The van der Waals surface area contributed by atoms with Gasteiger partial charge >= 0.3 is 60.3 Å². The number of alkyl halides is 9. The number of aliphatic carboxylic acids is 7. The number of hydrogen-bond acceptors (Lipinski definition) is 18. The Kier molecular flexibility index (Phi) is 30.4. The van der Waals surface area contributed by atoms with E-state index in [2.05, 4.69) is 30.6 Å². The molecule has 0 aliphatic carbocycles. The summed E-state index contributed by atoms with van der Waals surface area (Å²) in [5, 5.41) is 68.5. The number of benzene rings is 2. The molecule has 2 amide bonds. The fourth-order valence-electron chi connectivity index (χ4n) is 8.27. The van der Waals surface area contributed by atoms with Crippen LogP contribution in [0.5, 0.6) is 0 Å². The molecule has 40 heteroatoms. The molecule has 506 valence electrons. The molecule has 5 rings (SSSR count). The molecule has 1 fully saturated rings. The zero-order valence-electron chi connectivity index (χ0n) is 48.2. The van der Waals surface area contributed by atoms with Gasteiger partial charge in [-0.15, -0.1) is 0 Å². The quantitative estimate of drug-likeness (QED) is 0.0390. The number of aromatic amines is 1. The number of hydrogen-bond donors (Lipinski definition) is 12. The minimum Gasteiger partial charge on any atom is -0.480 e. The van der Waals surface area contributed by atoms with Crippen LogP contribution in [-0.2, 0) is 61.5 Å². The molecule has 0 saturated carbocycles. The maximum Gasteiger partial charge on any atom is 0.490 e. The van der Waals surface area contributed by atoms with Crippen LogP contribution in [0.4, 0.5) is 45.5 Å². The second-order valence-electron chi connectivity index (χ2n) is 19.6. The number of fused-ring (bicyclic) bond motifs is 1. The van der Waals surface area contributed by atoms with Crippen molar-refractivity contribution in [1.82, 2.24) is 49.5 Å². The van der Waals surface area contributed by atoms with E-state index >= 15 is 0 Å². The van der Waals surface area contributed by atoms with Crippen molar-refractivity contribution in [3.63, 3.8) is 0 Å². The smallest absolute Gasteiger partial charge is 0.480 e. The number of carboxylic acids is 7. The second-order valence-corrected chi connectivity index (χ2v) is 21.2. The first-order chi connectivity index (χ1) is 42.0. The van der Waals surface area contributed by atoms with E-state index in [9.17, 15) is 102 Å². The Balaban J connectivity index is 0.00000115. The third-order valence-electron chi connectivity index (χ3n) is 12.3. The third kappa shape index (κ3) is 28.6. The lowest BCUT2D eigenvalue weighted by molar-refractivity contribution is -0.193. The second kappa shape index (κ2) is 35.4.